The maximum Gasteiger partial charge on any atom is 0.404 e. The Hall–Kier alpha value is -4.68. The second kappa shape index (κ2) is 10.7. The third-order valence-electron chi connectivity index (χ3n) is 5.59. The van der Waals surface area contributed by atoms with Gasteiger partial charge in [-0.3, -0.25) is 9.20 Å². The van der Waals surface area contributed by atoms with Gasteiger partial charge in [0.15, 0.2) is 23.0 Å². The average molecular weight is 534 g/mol. The lowest BCUT2D eigenvalue weighted by molar-refractivity contribution is 0.0928. The van der Waals surface area contributed by atoms with E-state index in [-0.39, 0.29) is 34.9 Å². The summed E-state index contributed by atoms with van der Waals surface area (Å²) in [4.78, 5) is 28.5. The van der Waals surface area contributed by atoms with Crippen molar-refractivity contribution in [3.05, 3.63) is 100 Å². The van der Waals surface area contributed by atoms with Gasteiger partial charge in [-0.1, -0.05) is 6.07 Å². The minimum absolute atomic E-state index is 0.00695. The third kappa shape index (κ3) is 5.51. The van der Waals surface area contributed by atoms with Crippen LogP contribution >= 0.6 is 0 Å². The smallest absolute Gasteiger partial charge is 0.404 e. The number of amides is 2. The number of nitrogens with zero attached hydrogens (tertiary/aromatic N) is 2. The Morgan fingerprint density at radius 1 is 1.03 bits per heavy atom. The van der Waals surface area contributed by atoms with Crippen LogP contribution in [0.5, 0.6) is 5.75 Å². The number of aromatic nitrogens is 2. The molecule has 0 radical (unpaired) electrons. The second-order valence-electron chi connectivity index (χ2n) is 8.13. The van der Waals surface area contributed by atoms with Gasteiger partial charge >= 0.3 is 6.09 Å². The van der Waals surface area contributed by atoms with Crippen molar-refractivity contribution in [3.8, 4) is 5.75 Å². The molecule has 2 heterocycles. The molecule has 0 spiro atoms. The first-order chi connectivity index (χ1) is 18.0. The lowest BCUT2D eigenvalue weighted by atomic mass is 10.1. The molecule has 0 saturated heterocycles. The van der Waals surface area contributed by atoms with Crippen LogP contribution in [0.2, 0.25) is 0 Å². The Balaban J connectivity index is 1.62. The van der Waals surface area contributed by atoms with E-state index < -0.39 is 59.3 Å². The van der Waals surface area contributed by atoms with E-state index in [1.54, 1.807) is 0 Å². The van der Waals surface area contributed by atoms with Gasteiger partial charge in [-0.2, -0.15) is 0 Å². The molecule has 13 heteroatoms. The minimum Gasteiger partial charge on any atom is -0.485 e. The molecule has 2 aromatic heterocycles. The monoisotopic (exact) mass is 534 g/mol. The van der Waals surface area contributed by atoms with E-state index in [0.29, 0.717) is 12.1 Å². The van der Waals surface area contributed by atoms with Crippen LogP contribution in [-0.2, 0) is 6.61 Å². The molecule has 0 aliphatic heterocycles. The summed E-state index contributed by atoms with van der Waals surface area (Å²) in [6, 6.07) is 5.78. The van der Waals surface area contributed by atoms with Crippen molar-refractivity contribution in [2.75, 3.05) is 6.54 Å². The maximum absolute atomic E-state index is 14.0. The molecule has 4 aromatic rings. The summed E-state index contributed by atoms with van der Waals surface area (Å²) in [5.41, 5.74) is -0.0636. The lowest BCUT2D eigenvalue weighted by Gasteiger charge is -2.19. The fraction of sp³-hybridized carbons (Fsp3) is 0.160. The molecule has 0 saturated carbocycles. The standard InChI is InChI=1S/C25H19F5N4O4/c1-12-22(24(35)33-20(10-31-25(36)37)13-4-5-16(27)19(30)7-13)34-6-2-3-21(23(34)32-12)38-11-15-17(28)8-14(26)9-18(15)29/h2-9,20,31H,10-11H2,1H3,(H,33,35)(H,36,37). The van der Waals surface area contributed by atoms with Crippen molar-refractivity contribution in [3.63, 3.8) is 0 Å². The highest BCUT2D eigenvalue weighted by Gasteiger charge is 2.24. The molecule has 4 rings (SSSR count). The fourth-order valence-electron chi connectivity index (χ4n) is 3.80. The van der Waals surface area contributed by atoms with Gasteiger partial charge in [0.2, 0.25) is 0 Å². The van der Waals surface area contributed by atoms with Gasteiger partial charge < -0.3 is 20.5 Å². The number of imidazole rings is 1. The number of hydrogen-bond donors (Lipinski definition) is 3. The number of rotatable bonds is 8. The number of hydrogen-bond acceptors (Lipinski definition) is 4. The number of halogens is 5. The molecule has 0 aliphatic rings. The quantitative estimate of drug-likeness (QED) is 0.286. The van der Waals surface area contributed by atoms with Crippen LogP contribution in [0.1, 0.15) is 33.4 Å². The normalized spacial score (nSPS) is 11.8. The Bertz CT molecular complexity index is 1520. The van der Waals surface area contributed by atoms with Crippen LogP contribution in [-0.4, -0.2) is 33.0 Å². The van der Waals surface area contributed by atoms with Gasteiger partial charge in [-0.15, -0.1) is 0 Å². The average Bonchev–Trinajstić information content (AvgIpc) is 3.19. The van der Waals surface area contributed by atoms with E-state index in [0.717, 1.165) is 12.1 Å². The highest BCUT2D eigenvalue weighted by Crippen LogP contribution is 2.25. The zero-order chi connectivity index (χ0) is 27.6. The van der Waals surface area contributed by atoms with Crippen molar-refractivity contribution in [1.82, 2.24) is 20.0 Å². The summed E-state index contributed by atoms with van der Waals surface area (Å²) in [6.45, 7) is 0.558. The topological polar surface area (TPSA) is 105 Å². The van der Waals surface area contributed by atoms with E-state index in [4.69, 9.17) is 9.84 Å². The first-order valence-electron chi connectivity index (χ1n) is 11.0. The SMILES string of the molecule is Cc1nc2c(OCc3c(F)cc(F)cc3F)cccn2c1C(=O)NC(CNC(=O)O)c1ccc(F)c(F)c1. The molecule has 2 amide bonds. The fourth-order valence-corrected chi connectivity index (χ4v) is 3.80. The van der Waals surface area contributed by atoms with Gasteiger partial charge in [0.1, 0.15) is 29.8 Å². The van der Waals surface area contributed by atoms with Crippen LogP contribution in [0, 0.1) is 36.0 Å². The number of carbonyl (C=O) groups is 2. The molecular formula is C25H19F5N4O4. The van der Waals surface area contributed by atoms with Gasteiger partial charge in [0.05, 0.1) is 17.3 Å². The number of carboxylic acid groups (broad SMARTS) is 1. The van der Waals surface area contributed by atoms with Crippen molar-refractivity contribution in [2.45, 2.75) is 19.6 Å². The number of carbonyl (C=O) groups excluding carboxylic acids is 1. The number of pyridine rings is 1. The van der Waals surface area contributed by atoms with Crippen molar-refractivity contribution in [2.24, 2.45) is 0 Å². The first-order valence-corrected chi connectivity index (χ1v) is 11.0. The lowest BCUT2D eigenvalue weighted by Crippen LogP contribution is -2.38. The first kappa shape index (κ1) is 26.4. The molecule has 2 aromatic carbocycles. The van der Waals surface area contributed by atoms with Gasteiger partial charge in [0.25, 0.3) is 5.91 Å². The summed E-state index contributed by atoms with van der Waals surface area (Å²) >= 11 is 0. The molecule has 0 aliphatic carbocycles. The van der Waals surface area contributed by atoms with Crippen LogP contribution < -0.4 is 15.4 Å². The molecule has 1 unspecified atom stereocenters. The van der Waals surface area contributed by atoms with Crippen molar-refractivity contribution < 1.29 is 41.4 Å². The van der Waals surface area contributed by atoms with E-state index in [1.807, 2.05) is 0 Å². The molecule has 38 heavy (non-hydrogen) atoms. The molecule has 0 bridgehead atoms. The van der Waals surface area contributed by atoms with E-state index in [2.05, 4.69) is 15.6 Å². The predicted molar refractivity (Wildman–Crippen MR) is 123 cm³/mol. The number of nitrogens with one attached hydrogen (secondary N) is 2. The minimum atomic E-state index is -1.39. The maximum atomic E-state index is 14.0. The Morgan fingerprint density at radius 2 is 1.74 bits per heavy atom. The largest absolute Gasteiger partial charge is 0.485 e. The van der Waals surface area contributed by atoms with E-state index >= 15 is 0 Å². The summed E-state index contributed by atoms with van der Waals surface area (Å²) < 4.78 is 75.3. The van der Waals surface area contributed by atoms with Crippen LogP contribution in [0.4, 0.5) is 26.7 Å². The molecular weight excluding hydrogens is 515 g/mol. The Labute approximate surface area is 211 Å². The van der Waals surface area contributed by atoms with Gasteiger partial charge in [-0.25, -0.2) is 31.7 Å². The van der Waals surface area contributed by atoms with Crippen molar-refractivity contribution in [1.29, 1.82) is 0 Å². The van der Waals surface area contributed by atoms with Crippen molar-refractivity contribution >= 4 is 17.6 Å². The molecule has 3 N–H and O–H groups in total. The summed E-state index contributed by atoms with van der Waals surface area (Å²) in [5.74, 6) is -6.31. The Morgan fingerprint density at radius 3 is 2.39 bits per heavy atom. The predicted octanol–water partition coefficient (Wildman–Crippen LogP) is 4.66. The highest BCUT2D eigenvalue weighted by molar-refractivity contribution is 5.95. The zero-order valence-corrected chi connectivity index (χ0v) is 19.6. The zero-order valence-electron chi connectivity index (χ0n) is 19.6. The molecule has 0 fully saturated rings. The molecule has 8 nitrogen and oxygen atoms in total. The number of fused-ring (bicyclic) bond motifs is 1. The number of benzene rings is 2. The number of aryl methyl sites for hydroxylation is 1. The number of ether oxygens (including phenoxy) is 1. The molecule has 1 atom stereocenters. The summed E-state index contributed by atoms with van der Waals surface area (Å²) in [6.07, 6.45) is 0.0757. The van der Waals surface area contributed by atoms with Gasteiger partial charge in [0, 0.05) is 24.9 Å². The third-order valence-corrected chi connectivity index (χ3v) is 5.59. The van der Waals surface area contributed by atoms with Gasteiger partial charge in [-0.05, 0) is 36.8 Å². The van der Waals surface area contributed by atoms with Crippen LogP contribution in [0.3, 0.4) is 0 Å². The summed E-state index contributed by atoms with van der Waals surface area (Å²) in [5, 5.41) is 13.6. The van der Waals surface area contributed by atoms with E-state index in [9.17, 15) is 31.5 Å². The second-order valence-corrected chi connectivity index (χ2v) is 8.13. The Kier molecular flexibility index (Phi) is 7.46. The van der Waals surface area contributed by atoms with Crippen LogP contribution in [0.25, 0.3) is 5.65 Å². The summed E-state index contributed by atoms with van der Waals surface area (Å²) in [7, 11) is 0. The highest BCUT2D eigenvalue weighted by atomic mass is 19.2. The van der Waals surface area contributed by atoms with Crippen LogP contribution in [0.15, 0.2) is 48.7 Å². The van der Waals surface area contributed by atoms with E-state index in [1.165, 1.54) is 35.7 Å². The molecule has 198 valence electrons.